The molecule has 0 radical (unpaired) electrons. The second kappa shape index (κ2) is 33.5. The van der Waals surface area contributed by atoms with E-state index in [0.717, 1.165) is 43.3 Å². The second-order valence-corrected chi connectivity index (χ2v) is 18.6. The first-order valence-corrected chi connectivity index (χ1v) is 24.8. The average Bonchev–Trinajstić information content (AvgIpc) is 3.57. The largest absolute Gasteiger partial charge is 0.510 e. The number of ether oxygens (including phenoxy) is 5. The summed E-state index contributed by atoms with van der Waals surface area (Å²) in [6.07, 6.45) is -11.5. The summed E-state index contributed by atoms with van der Waals surface area (Å²) in [7, 11) is 0. The highest BCUT2D eigenvalue weighted by Gasteiger charge is 2.40. The zero-order valence-corrected chi connectivity index (χ0v) is 48.2. The third kappa shape index (κ3) is 24.9. The summed E-state index contributed by atoms with van der Waals surface area (Å²) >= 11 is 23.1. The highest BCUT2D eigenvalue weighted by molar-refractivity contribution is 6.33. The lowest BCUT2D eigenvalue weighted by atomic mass is 10.3. The molecule has 462 valence electrons. The van der Waals surface area contributed by atoms with Gasteiger partial charge in [0.15, 0.2) is 17.5 Å². The third-order valence-electron chi connectivity index (χ3n) is 8.48. The Morgan fingerprint density at radius 2 is 0.762 bits per heavy atom. The standard InChI is InChI=1S/C15H15ClF4N2O4.C13H11ClF4N2O4.C13H14ClFN2O4.C9H11ClFNO/c1-4-25-14(24)12(13(23)15(18,19)20)22-21-10-6-11(26-7(2)3)8(16)5-9(10)17;1-5(2)24-9-4-8(7(15)3-6(9)14)19-20-10(12(22)23)11(21)13(16,17)18;1-6(2)21-11-5-10(9(15)4-8(11)14)16-17-12(7(3)18)13(19)20;1-5(2)13-9-4-8(12)7(11)3-6(9)10/h5-7,23H,4H2,1-3H3;3-5,21H,1-2H3,(H,22,23);4-6,18H,1-3H3,(H,19,20);3-5H,12H2,1-2H3. The van der Waals surface area contributed by atoms with Crippen LogP contribution in [0.15, 0.2) is 114 Å². The number of azo groups is 3. The number of hydrogen-bond acceptors (Lipinski definition) is 18. The molecule has 34 heteroatoms. The Labute approximate surface area is 491 Å². The molecule has 0 aromatic heterocycles. The summed E-state index contributed by atoms with van der Waals surface area (Å²) in [5, 5.41) is 63.6. The molecule has 0 saturated carbocycles. The maximum absolute atomic E-state index is 13.9. The minimum atomic E-state index is -5.35. The second-order valence-electron chi connectivity index (χ2n) is 16.9. The first-order chi connectivity index (χ1) is 38.6. The zero-order valence-electron chi connectivity index (χ0n) is 45.2. The van der Waals surface area contributed by atoms with Crippen molar-refractivity contribution in [2.45, 2.75) is 106 Å². The fourth-order valence-electron chi connectivity index (χ4n) is 5.13. The lowest BCUT2D eigenvalue weighted by molar-refractivity contribution is -0.143. The number of aliphatic carboxylic acids is 2. The Balaban J connectivity index is 0.000000573. The number of allylic oxidation sites excluding steroid dienone is 3. The van der Waals surface area contributed by atoms with Gasteiger partial charge in [-0.2, -0.15) is 26.3 Å². The Hall–Kier alpha value is -7.83. The van der Waals surface area contributed by atoms with Crippen molar-refractivity contribution < 1.29 is 108 Å². The predicted molar refractivity (Wildman–Crippen MR) is 285 cm³/mol. The Kier molecular flexibility index (Phi) is 29.5. The number of halogens is 14. The van der Waals surface area contributed by atoms with Gasteiger partial charge < -0.3 is 55.0 Å². The van der Waals surface area contributed by atoms with E-state index < -0.39 is 99.3 Å². The minimum Gasteiger partial charge on any atom is -0.510 e. The van der Waals surface area contributed by atoms with E-state index >= 15 is 0 Å². The molecule has 4 rings (SSSR count). The fraction of sp³-hybridized carbons (Fsp3) is 0.340. The van der Waals surface area contributed by atoms with E-state index in [4.69, 9.17) is 96.6 Å². The maximum Gasteiger partial charge on any atom is 0.451 e. The first kappa shape index (κ1) is 74.2. The van der Waals surface area contributed by atoms with Crippen molar-refractivity contribution in [3.8, 4) is 23.0 Å². The number of hydrogen-bond donors (Lipinski definition) is 6. The number of carboxylic acid groups (broad SMARTS) is 2. The van der Waals surface area contributed by atoms with Gasteiger partial charge in [-0.15, -0.1) is 30.7 Å². The molecular formula is C50H51Cl4F10N7O13. The average molecular weight is 1290 g/mol. The number of carboxylic acids is 2. The highest BCUT2D eigenvalue weighted by Crippen LogP contribution is 2.37. The molecule has 0 amide bonds. The van der Waals surface area contributed by atoms with Crippen LogP contribution in [0, 0.1) is 23.3 Å². The molecule has 0 saturated heterocycles. The van der Waals surface area contributed by atoms with E-state index in [1.54, 1.807) is 41.5 Å². The van der Waals surface area contributed by atoms with Gasteiger partial charge in [0.1, 0.15) is 51.6 Å². The van der Waals surface area contributed by atoms with E-state index in [9.17, 15) is 58.3 Å². The number of aliphatic hydroxyl groups is 3. The Bertz CT molecular complexity index is 3170. The number of rotatable bonds is 18. The van der Waals surface area contributed by atoms with Crippen LogP contribution >= 0.6 is 46.4 Å². The molecule has 0 aliphatic rings. The molecule has 0 aliphatic heterocycles. The van der Waals surface area contributed by atoms with Gasteiger partial charge in [-0.25, -0.2) is 31.9 Å². The monoisotopic (exact) mass is 1290 g/mol. The molecule has 7 N–H and O–H groups in total. The predicted octanol–water partition coefficient (Wildman–Crippen LogP) is 17.1. The van der Waals surface area contributed by atoms with E-state index in [0.29, 0.717) is 5.75 Å². The van der Waals surface area contributed by atoms with E-state index in [1.165, 1.54) is 19.1 Å². The number of alkyl halides is 6. The highest BCUT2D eigenvalue weighted by atomic mass is 35.5. The van der Waals surface area contributed by atoms with Gasteiger partial charge in [-0.3, -0.25) is 0 Å². The van der Waals surface area contributed by atoms with Crippen molar-refractivity contribution in [2.24, 2.45) is 30.7 Å². The minimum absolute atomic E-state index is 0.0117. The fourth-order valence-corrected chi connectivity index (χ4v) is 5.91. The first-order valence-electron chi connectivity index (χ1n) is 23.3. The third-order valence-corrected chi connectivity index (χ3v) is 9.66. The molecule has 4 aromatic rings. The van der Waals surface area contributed by atoms with Gasteiger partial charge in [0.05, 0.1) is 56.8 Å². The van der Waals surface area contributed by atoms with Gasteiger partial charge in [0, 0.05) is 24.3 Å². The van der Waals surface area contributed by atoms with Crippen molar-refractivity contribution in [3.05, 3.63) is 126 Å². The van der Waals surface area contributed by atoms with E-state index in [-0.39, 0.29) is 79.7 Å². The van der Waals surface area contributed by atoms with Crippen LogP contribution in [0.2, 0.25) is 20.1 Å². The zero-order chi connectivity index (χ0) is 64.9. The van der Waals surface area contributed by atoms with Crippen LogP contribution in [0.3, 0.4) is 0 Å². The van der Waals surface area contributed by atoms with Crippen molar-refractivity contribution in [1.82, 2.24) is 0 Å². The normalized spacial score (nSPS) is 12.7. The summed E-state index contributed by atoms with van der Waals surface area (Å²) in [6, 6.07) is 8.26. The van der Waals surface area contributed by atoms with Crippen LogP contribution in [-0.4, -0.2) is 86.8 Å². The van der Waals surface area contributed by atoms with Crippen molar-refractivity contribution in [1.29, 1.82) is 0 Å². The number of carbonyl (C=O) groups excluding carboxylic acids is 1. The van der Waals surface area contributed by atoms with Gasteiger partial charge in [0.25, 0.3) is 0 Å². The summed E-state index contributed by atoms with van der Waals surface area (Å²) in [5.74, 6) is -13.4. The van der Waals surface area contributed by atoms with E-state index in [2.05, 4.69) is 35.4 Å². The number of aliphatic hydroxyl groups excluding tert-OH is 3. The van der Waals surface area contributed by atoms with Crippen molar-refractivity contribution in [2.75, 3.05) is 12.3 Å². The number of nitrogen functional groups attached to an aromatic ring is 1. The molecule has 0 spiro atoms. The molecule has 20 nitrogen and oxygen atoms in total. The quantitative estimate of drug-likeness (QED) is 0.0135. The van der Waals surface area contributed by atoms with Crippen LogP contribution in [-0.2, 0) is 19.1 Å². The van der Waals surface area contributed by atoms with Gasteiger partial charge in [-0.1, -0.05) is 46.4 Å². The van der Waals surface area contributed by atoms with Gasteiger partial charge in [-0.05, 0) is 93.5 Å². The van der Waals surface area contributed by atoms with Gasteiger partial charge >= 0.3 is 30.3 Å². The number of benzene rings is 4. The molecule has 84 heavy (non-hydrogen) atoms. The van der Waals surface area contributed by atoms with Gasteiger partial charge in [0.2, 0.25) is 28.6 Å². The van der Waals surface area contributed by atoms with Crippen LogP contribution < -0.4 is 24.7 Å². The maximum atomic E-state index is 13.9. The molecule has 0 atom stereocenters. The van der Waals surface area contributed by atoms with Crippen molar-refractivity contribution >= 4 is 87.1 Å². The summed E-state index contributed by atoms with van der Waals surface area (Å²) in [6.45, 7) is 16.1. The summed E-state index contributed by atoms with van der Waals surface area (Å²) in [4.78, 5) is 33.1. The number of anilines is 1. The van der Waals surface area contributed by atoms with E-state index in [1.807, 2.05) is 13.8 Å². The molecule has 0 unspecified atom stereocenters. The van der Waals surface area contributed by atoms with Crippen LogP contribution in [0.1, 0.15) is 69.2 Å². The molecule has 0 bridgehead atoms. The number of nitrogens with two attached hydrogens (primary N) is 1. The van der Waals surface area contributed by atoms with Crippen molar-refractivity contribution in [3.63, 3.8) is 0 Å². The molecule has 0 fully saturated rings. The van der Waals surface area contributed by atoms with Crippen LogP contribution in [0.4, 0.5) is 66.7 Å². The molecule has 0 heterocycles. The molecular weight excluding hydrogens is 1240 g/mol. The van der Waals surface area contributed by atoms with Crippen LogP contribution in [0.25, 0.3) is 0 Å². The topological polar surface area (TPSA) is 299 Å². The lowest BCUT2D eigenvalue weighted by Crippen LogP contribution is -2.18. The number of esters is 1. The SMILES string of the molecule is CC(C)Oc1cc(N)c(F)cc1Cl.CC(C)Oc1cc(N=NC(C(=O)O)=C(O)C(F)(F)F)c(F)cc1Cl.CC(O)=C(N=Nc1cc(OC(C)C)c(Cl)cc1F)C(=O)O.CCOC(=O)C(N=Nc1cc(OC(C)C)c(Cl)cc1F)=C(O)C(F)(F)F. The lowest BCUT2D eigenvalue weighted by Gasteiger charge is -2.12. The number of nitrogens with zero attached hydrogens (tertiary/aromatic N) is 6. The van der Waals surface area contributed by atoms with Crippen LogP contribution in [0.5, 0.6) is 23.0 Å². The smallest absolute Gasteiger partial charge is 0.451 e. The number of carbonyl (C=O) groups is 3. The summed E-state index contributed by atoms with van der Waals surface area (Å²) < 4.78 is 155. The molecule has 0 aliphatic carbocycles. The molecule has 4 aromatic carbocycles. The Morgan fingerprint density at radius 3 is 1.04 bits per heavy atom. The summed E-state index contributed by atoms with van der Waals surface area (Å²) in [5.41, 5.74) is -0.0238. The Morgan fingerprint density at radius 1 is 0.488 bits per heavy atom.